The third-order valence-electron chi connectivity index (χ3n) is 2.94. The van der Waals surface area contributed by atoms with Gasteiger partial charge >= 0.3 is 0 Å². The lowest BCUT2D eigenvalue weighted by atomic mass is 9.78. The van der Waals surface area contributed by atoms with Gasteiger partial charge in [-0.1, -0.05) is 6.07 Å². The molecule has 0 unspecified atom stereocenters. The number of phenols is 1. The molecule has 1 saturated heterocycles. The van der Waals surface area contributed by atoms with E-state index in [0.29, 0.717) is 25.5 Å². The van der Waals surface area contributed by atoms with Crippen LogP contribution in [0.2, 0.25) is 0 Å². The second-order valence-corrected chi connectivity index (χ2v) is 3.86. The van der Waals surface area contributed by atoms with Gasteiger partial charge in [-0.25, -0.2) is 0 Å². The molecular weight excluding hydrogens is 194 g/mol. The quantitative estimate of drug-likeness (QED) is 0.766. The zero-order valence-electron chi connectivity index (χ0n) is 8.69. The lowest BCUT2D eigenvalue weighted by molar-refractivity contribution is -0.0551. The lowest BCUT2D eigenvalue weighted by Gasteiger charge is -2.41. The SMILES string of the molecule is COc1cc(C2(CN)COC2)ccc1O. The van der Waals surface area contributed by atoms with E-state index in [-0.39, 0.29) is 11.2 Å². The number of phenolic OH excluding ortho intramolecular Hbond substituents is 1. The molecule has 1 heterocycles. The highest BCUT2D eigenvalue weighted by molar-refractivity contribution is 5.45. The van der Waals surface area contributed by atoms with Crippen LogP contribution in [0.3, 0.4) is 0 Å². The molecule has 3 N–H and O–H groups in total. The zero-order valence-corrected chi connectivity index (χ0v) is 8.69. The van der Waals surface area contributed by atoms with E-state index >= 15 is 0 Å². The number of aromatic hydroxyl groups is 1. The highest BCUT2D eigenvalue weighted by Crippen LogP contribution is 2.36. The monoisotopic (exact) mass is 209 g/mol. The highest BCUT2D eigenvalue weighted by atomic mass is 16.5. The van der Waals surface area contributed by atoms with Crippen LogP contribution < -0.4 is 10.5 Å². The first-order valence-electron chi connectivity index (χ1n) is 4.87. The van der Waals surface area contributed by atoms with Crippen LogP contribution in [0.5, 0.6) is 11.5 Å². The van der Waals surface area contributed by atoms with E-state index in [1.165, 1.54) is 7.11 Å². The maximum absolute atomic E-state index is 9.48. The minimum absolute atomic E-state index is 0.0962. The number of rotatable bonds is 3. The van der Waals surface area contributed by atoms with Gasteiger partial charge in [0.05, 0.1) is 25.7 Å². The number of nitrogens with two attached hydrogens (primary N) is 1. The van der Waals surface area contributed by atoms with E-state index in [4.69, 9.17) is 15.2 Å². The average Bonchev–Trinajstić information content (AvgIpc) is 2.19. The number of ether oxygens (including phenoxy) is 2. The molecule has 0 bridgehead atoms. The van der Waals surface area contributed by atoms with Crippen LogP contribution in [-0.2, 0) is 10.2 Å². The fraction of sp³-hybridized carbons (Fsp3) is 0.455. The molecule has 1 aromatic rings. The van der Waals surface area contributed by atoms with E-state index in [9.17, 15) is 5.11 Å². The predicted octanol–water partition coefficient (Wildman–Crippen LogP) is 0.627. The minimum Gasteiger partial charge on any atom is -0.504 e. The summed E-state index contributed by atoms with van der Waals surface area (Å²) in [7, 11) is 1.53. The summed E-state index contributed by atoms with van der Waals surface area (Å²) >= 11 is 0. The third kappa shape index (κ3) is 1.56. The molecule has 0 aliphatic carbocycles. The number of methoxy groups -OCH3 is 1. The van der Waals surface area contributed by atoms with Crippen LogP contribution >= 0.6 is 0 Å². The zero-order chi connectivity index (χ0) is 10.9. The Balaban J connectivity index is 2.36. The van der Waals surface area contributed by atoms with Crippen molar-refractivity contribution >= 4 is 0 Å². The van der Waals surface area contributed by atoms with Gasteiger partial charge in [0, 0.05) is 6.54 Å². The molecule has 0 radical (unpaired) electrons. The van der Waals surface area contributed by atoms with E-state index < -0.39 is 0 Å². The Morgan fingerprint density at radius 1 is 1.53 bits per heavy atom. The summed E-state index contributed by atoms with van der Waals surface area (Å²) in [5, 5.41) is 9.48. The van der Waals surface area contributed by atoms with E-state index in [2.05, 4.69) is 0 Å². The molecule has 0 spiro atoms. The van der Waals surface area contributed by atoms with Gasteiger partial charge in [-0.3, -0.25) is 0 Å². The molecular formula is C11H15NO3. The normalized spacial score (nSPS) is 18.3. The van der Waals surface area contributed by atoms with Crippen molar-refractivity contribution in [3.8, 4) is 11.5 Å². The molecule has 1 fully saturated rings. The maximum Gasteiger partial charge on any atom is 0.160 e. The van der Waals surface area contributed by atoms with E-state index in [1.54, 1.807) is 6.07 Å². The number of hydrogen-bond acceptors (Lipinski definition) is 4. The van der Waals surface area contributed by atoms with Gasteiger partial charge in [0.25, 0.3) is 0 Å². The molecule has 2 rings (SSSR count). The minimum atomic E-state index is -0.0962. The first-order valence-corrected chi connectivity index (χ1v) is 4.87. The van der Waals surface area contributed by atoms with Crippen molar-refractivity contribution in [2.75, 3.05) is 26.9 Å². The molecule has 1 aliphatic rings. The van der Waals surface area contributed by atoms with E-state index in [1.807, 2.05) is 12.1 Å². The largest absolute Gasteiger partial charge is 0.504 e. The van der Waals surface area contributed by atoms with Gasteiger partial charge < -0.3 is 20.3 Å². The Labute approximate surface area is 88.6 Å². The van der Waals surface area contributed by atoms with Crippen molar-refractivity contribution in [1.82, 2.24) is 0 Å². The Bertz CT molecular complexity index is 355. The highest BCUT2D eigenvalue weighted by Gasteiger charge is 2.39. The number of hydrogen-bond donors (Lipinski definition) is 2. The predicted molar refractivity (Wildman–Crippen MR) is 56.2 cm³/mol. The van der Waals surface area contributed by atoms with Gasteiger partial charge in [0.15, 0.2) is 11.5 Å². The first-order chi connectivity index (χ1) is 7.22. The Kier molecular flexibility index (Phi) is 2.54. The van der Waals surface area contributed by atoms with Crippen molar-refractivity contribution in [3.05, 3.63) is 23.8 Å². The molecule has 82 valence electrons. The molecule has 1 aliphatic heterocycles. The Morgan fingerprint density at radius 3 is 2.73 bits per heavy atom. The molecule has 4 nitrogen and oxygen atoms in total. The van der Waals surface area contributed by atoms with Crippen LogP contribution in [0.1, 0.15) is 5.56 Å². The summed E-state index contributed by atoms with van der Waals surface area (Å²) in [5.41, 5.74) is 6.71. The smallest absolute Gasteiger partial charge is 0.160 e. The van der Waals surface area contributed by atoms with Crippen molar-refractivity contribution < 1.29 is 14.6 Å². The van der Waals surface area contributed by atoms with Crippen molar-refractivity contribution in [2.24, 2.45) is 5.73 Å². The summed E-state index contributed by atoms with van der Waals surface area (Å²) in [6.07, 6.45) is 0. The molecule has 0 amide bonds. The standard InChI is InChI=1S/C11H15NO3/c1-14-10-4-8(2-3-9(10)13)11(5-12)6-15-7-11/h2-4,13H,5-7,12H2,1H3. The summed E-state index contributed by atoms with van der Waals surface area (Å²) in [6, 6.07) is 5.32. The van der Waals surface area contributed by atoms with Crippen molar-refractivity contribution in [2.45, 2.75) is 5.41 Å². The maximum atomic E-state index is 9.48. The van der Waals surface area contributed by atoms with Crippen LogP contribution in [0.15, 0.2) is 18.2 Å². The molecule has 15 heavy (non-hydrogen) atoms. The second-order valence-electron chi connectivity index (χ2n) is 3.86. The van der Waals surface area contributed by atoms with Crippen molar-refractivity contribution in [1.29, 1.82) is 0 Å². The summed E-state index contributed by atoms with van der Waals surface area (Å²) in [6.45, 7) is 1.82. The summed E-state index contributed by atoms with van der Waals surface area (Å²) in [5.74, 6) is 0.626. The van der Waals surface area contributed by atoms with Gasteiger partial charge in [-0.05, 0) is 17.7 Å². The Hall–Kier alpha value is -1.26. The summed E-state index contributed by atoms with van der Waals surface area (Å²) in [4.78, 5) is 0. The molecule has 0 atom stereocenters. The fourth-order valence-electron chi connectivity index (χ4n) is 1.76. The topological polar surface area (TPSA) is 64.7 Å². The van der Waals surface area contributed by atoms with Gasteiger partial charge in [0.1, 0.15) is 0 Å². The van der Waals surface area contributed by atoms with Crippen LogP contribution in [0.25, 0.3) is 0 Å². The van der Waals surface area contributed by atoms with Crippen LogP contribution in [-0.4, -0.2) is 32.0 Å². The van der Waals surface area contributed by atoms with Gasteiger partial charge in [-0.2, -0.15) is 0 Å². The number of benzene rings is 1. The molecule has 4 heteroatoms. The van der Waals surface area contributed by atoms with E-state index in [0.717, 1.165) is 5.56 Å². The molecule has 0 aromatic heterocycles. The molecule has 1 aromatic carbocycles. The second kappa shape index (κ2) is 3.72. The first kappa shape index (κ1) is 10.3. The van der Waals surface area contributed by atoms with Crippen LogP contribution in [0.4, 0.5) is 0 Å². The van der Waals surface area contributed by atoms with Crippen LogP contribution in [0, 0.1) is 0 Å². The molecule has 0 saturated carbocycles. The third-order valence-corrected chi connectivity index (χ3v) is 2.94. The van der Waals surface area contributed by atoms with Crippen molar-refractivity contribution in [3.63, 3.8) is 0 Å². The average molecular weight is 209 g/mol. The summed E-state index contributed by atoms with van der Waals surface area (Å²) < 4.78 is 10.3. The fourth-order valence-corrected chi connectivity index (χ4v) is 1.76. The van der Waals surface area contributed by atoms with Gasteiger partial charge in [-0.15, -0.1) is 0 Å². The van der Waals surface area contributed by atoms with Gasteiger partial charge in [0.2, 0.25) is 0 Å². The Morgan fingerprint density at radius 2 is 2.27 bits per heavy atom. The lowest BCUT2D eigenvalue weighted by Crippen LogP contribution is -2.52.